The summed E-state index contributed by atoms with van der Waals surface area (Å²) in [5.74, 6) is 0.276. The fourth-order valence-electron chi connectivity index (χ4n) is 1.85. The lowest BCUT2D eigenvalue weighted by Gasteiger charge is -2.04. The zero-order chi connectivity index (χ0) is 10.4. The van der Waals surface area contributed by atoms with Gasteiger partial charge in [0.05, 0.1) is 5.52 Å². The van der Waals surface area contributed by atoms with E-state index in [-0.39, 0.29) is 5.75 Å². The molecule has 0 fully saturated rings. The molecule has 3 rings (SSSR count). The molecule has 0 aliphatic carbocycles. The van der Waals surface area contributed by atoms with Gasteiger partial charge in [0, 0.05) is 5.39 Å². The van der Waals surface area contributed by atoms with Crippen molar-refractivity contribution >= 4 is 16.6 Å². The van der Waals surface area contributed by atoms with Crippen LogP contribution in [0.4, 0.5) is 0 Å². The summed E-state index contributed by atoms with van der Waals surface area (Å²) in [7, 11) is 0. The lowest BCUT2D eigenvalue weighted by atomic mass is 10.1. The van der Waals surface area contributed by atoms with Gasteiger partial charge in [-0.25, -0.2) is 0 Å². The molecule has 2 heterocycles. The Morgan fingerprint density at radius 1 is 1.27 bits per heavy atom. The topological polar surface area (TPSA) is 50.4 Å². The molecule has 0 amide bonds. The maximum absolute atomic E-state index is 9.44. The molecule has 1 N–H and O–H groups in total. The maximum atomic E-state index is 9.44. The summed E-state index contributed by atoms with van der Waals surface area (Å²) in [6.07, 6.45) is 1.67. The Bertz CT molecular complexity index is 657. The predicted molar refractivity (Wildman–Crippen MR) is 56.9 cm³/mol. The van der Waals surface area contributed by atoms with E-state index in [9.17, 15) is 5.11 Å². The van der Waals surface area contributed by atoms with Gasteiger partial charge in [-0.1, -0.05) is 0 Å². The molecule has 15 heavy (non-hydrogen) atoms. The van der Waals surface area contributed by atoms with Crippen LogP contribution in [0.25, 0.3) is 16.6 Å². The summed E-state index contributed by atoms with van der Waals surface area (Å²) in [6.45, 7) is 2.00. The van der Waals surface area contributed by atoms with E-state index in [0.717, 1.165) is 22.1 Å². The van der Waals surface area contributed by atoms with Gasteiger partial charge in [-0.2, -0.15) is 0 Å². The van der Waals surface area contributed by atoms with Gasteiger partial charge in [0.2, 0.25) is 0 Å². The highest BCUT2D eigenvalue weighted by Crippen LogP contribution is 2.24. The van der Waals surface area contributed by atoms with Crippen LogP contribution < -0.4 is 0 Å². The third kappa shape index (κ3) is 1.08. The summed E-state index contributed by atoms with van der Waals surface area (Å²) >= 11 is 0. The smallest absolute Gasteiger partial charge is 0.161 e. The standard InChI is InChI=1S/C11H9N3O/c1-7-4-11-13-12-6-14(11)10-3-2-8(15)5-9(7)10/h2-6,15H,1H3. The molecule has 0 bridgehead atoms. The van der Waals surface area contributed by atoms with Gasteiger partial charge in [0.15, 0.2) is 5.65 Å². The molecular formula is C11H9N3O. The van der Waals surface area contributed by atoms with E-state index in [2.05, 4.69) is 10.2 Å². The Kier molecular flexibility index (Phi) is 1.48. The highest BCUT2D eigenvalue weighted by Gasteiger charge is 2.05. The van der Waals surface area contributed by atoms with Crippen LogP contribution in [0.1, 0.15) is 5.56 Å². The minimum Gasteiger partial charge on any atom is -0.508 e. The second kappa shape index (κ2) is 2.70. The number of hydrogen-bond acceptors (Lipinski definition) is 3. The van der Waals surface area contributed by atoms with Crippen molar-refractivity contribution in [2.45, 2.75) is 6.92 Å². The SMILES string of the molecule is Cc1cc2nncn2c2ccc(O)cc12. The van der Waals surface area contributed by atoms with E-state index >= 15 is 0 Å². The van der Waals surface area contributed by atoms with Gasteiger partial charge in [0.1, 0.15) is 12.1 Å². The Morgan fingerprint density at radius 2 is 2.13 bits per heavy atom. The highest BCUT2D eigenvalue weighted by molar-refractivity contribution is 5.86. The third-order valence-corrected chi connectivity index (χ3v) is 2.58. The van der Waals surface area contributed by atoms with Gasteiger partial charge in [-0.15, -0.1) is 10.2 Å². The lowest BCUT2D eigenvalue weighted by molar-refractivity contribution is 0.476. The fraction of sp³-hybridized carbons (Fsp3) is 0.0909. The van der Waals surface area contributed by atoms with Gasteiger partial charge < -0.3 is 5.11 Å². The number of pyridine rings is 1. The van der Waals surface area contributed by atoms with Crippen LogP contribution in [0.15, 0.2) is 30.6 Å². The molecule has 0 spiro atoms. The molecule has 0 aliphatic heterocycles. The number of nitrogens with zero attached hydrogens (tertiary/aromatic N) is 3. The monoisotopic (exact) mass is 199 g/mol. The highest BCUT2D eigenvalue weighted by atomic mass is 16.3. The summed E-state index contributed by atoms with van der Waals surface area (Å²) < 4.78 is 1.90. The van der Waals surface area contributed by atoms with Crippen molar-refractivity contribution in [2.75, 3.05) is 0 Å². The van der Waals surface area contributed by atoms with Crippen molar-refractivity contribution in [3.05, 3.63) is 36.2 Å². The average Bonchev–Trinajstić information content (AvgIpc) is 2.66. The van der Waals surface area contributed by atoms with Crippen molar-refractivity contribution in [1.29, 1.82) is 0 Å². The molecular weight excluding hydrogens is 190 g/mol. The number of benzene rings is 1. The van der Waals surface area contributed by atoms with Gasteiger partial charge in [-0.05, 0) is 36.8 Å². The van der Waals surface area contributed by atoms with Crippen LogP contribution in [-0.2, 0) is 0 Å². The van der Waals surface area contributed by atoms with Crippen molar-refractivity contribution in [3.63, 3.8) is 0 Å². The third-order valence-electron chi connectivity index (χ3n) is 2.58. The number of fused-ring (bicyclic) bond motifs is 3. The summed E-state index contributed by atoms with van der Waals surface area (Å²) in [6, 6.07) is 7.24. The largest absolute Gasteiger partial charge is 0.508 e. The normalized spacial score (nSPS) is 11.3. The van der Waals surface area contributed by atoms with E-state index < -0.39 is 0 Å². The Morgan fingerprint density at radius 3 is 3.00 bits per heavy atom. The van der Waals surface area contributed by atoms with E-state index in [1.807, 2.05) is 23.5 Å². The van der Waals surface area contributed by atoms with E-state index in [1.165, 1.54) is 0 Å². The van der Waals surface area contributed by atoms with E-state index in [1.54, 1.807) is 18.5 Å². The number of rotatable bonds is 0. The average molecular weight is 199 g/mol. The summed E-state index contributed by atoms with van der Waals surface area (Å²) in [5.41, 5.74) is 2.92. The number of aryl methyl sites for hydroxylation is 1. The molecule has 4 nitrogen and oxygen atoms in total. The molecule has 0 radical (unpaired) electrons. The van der Waals surface area contributed by atoms with Gasteiger partial charge in [-0.3, -0.25) is 4.40 Å². The van der Waals surface area contributed by atoms with Crippen LogP contribution in [0.5, 0.6) is 5.75 Å². The van der Waals surface area contributed by atoms with Gasteiger partial charge >= 0.3 is 0 Å². The molecule has 0 aliphatic rings. The molecule has 74 valence electrons. The molecule has 4 heteroatoms. The van der Waals surface area contributed by atoms with Crippen LogP contribution in [0.3, 0.4) is 0 Å². The Labute approximate surface area is 85.8 Å². The summed E-state index contributed by atoms with van der Waals surface area (Å²) in [4.78, 5) is 0. The van der Waals surface area contributed by atoms with Crippen molar-refractivity contribution in [3.8, 4) is 5.75 Å². The molecule has 0 saturated heterocycles. The maximum Gasteiger partial charge on any atom is 0.161 e. The molecule has 2 aromatic heterocycles. The van der Waals surface area contributed by atoms with Crippen LogP contribution in [0, 0.1) is 6.92 Å². The number of aromatic nitrogens is 3. The first-order valence-corrected chi connectivity index (χ1v) is 4.68. The van der Waals surface area contributed by atoms with Crippen molar-refractivity contribution < 1.29 is 5.11 Å². The van der Waals surface area contributed by atoms with Crippen LogP contribution in [-0.4, -0.2) is 19.7 Å². The van der Waals surface area contributed by atoms with E-state index in [4.69, 9.17) is 0 Å². The predicted octanol–water partition coefficient (Wildman–Crippen LogP) is 1.90. The van der Waals surface area contributed by atoms with Crippen LogP contribution >= 0.6 is 0 Å². The molecule has 0 unspecified atom stereocenters. The second-order valence-electron chi connectivity index (χ2n) is 3.59. The molecule has 3 aromatic rings. The lowest BCUT2D eigenvalue weighted by Crippen LogP contribution is -1.89. The molecule has 0 atom stereocenters. The number of hydrogen-bond donors (Lipinski definition) is 1. The number of aromatic hydroxyl groups is 1. The first kappa shape index (κ1) is 8.23. The first-order valence-electron chi connectivity index (χ1n) is 4.68. The van der Waals surface area contributed by atoms with Crippen molar-refractivity contribution in [1.82, 2.24) is 14.6 Å². The Balaban J connectivity index is 2.61. The molecule has 0 saturated carbocycles. The number of phenolic OH excluding ortho intramolecular Hbond substituents is 1. The van der Waals surface area contributed by atoms with Gasteiger partial charge in [0.25, 0.3) is 0 Å². The minimum atomic E-state index is 0.276. The quantitative estimate of drug-likeness (QED) is 0.601. The summed E-state index contributed by atoms with van der Waals surface area (Å²) in [5, 5.41) is 18.3. The first-order chi connectivity index (χ1) is 7.25. The van der Waals surface area contributed by atoms with Crippen LogP contribution in [0.2, 0.25) is 0 Å². The Hall–Kier alpha value is -2.10. The van der Waals surface area contributed by atoms with Crippen molar-refractivity contribution in [2.24, 2.45) is 0 Å². The second-order valence-corrected chi connectivity index (χ2v) is 3.59. The zero-order valence-electron chi connectivity index (χ0n) is 8.18. The molecule has 1 aromatic carbocycles. The minimum absolute atomic E-state index is 0.276. The van der Waals surface area contributed by atoms with E-state index in [0.29, 0.717) is 0 Å². The fourth-order valence-corrected chi connectivity index (χ4v) is 1.85. The number of phenols is 1. The zero-order valence-corrected chi connectivity index (χ0v) is 8.18.